The summed E-state index contributed by atoms with van der Waals surface area (Å²) in [5.41, 5.74) is -0.697. The SMILES string of the molecule is N#CCCCCNS(=O)(=O)c1ccc(F)c(C(=O)O)c1. The van der Waals surface area contributed by atoms with Crippen LogP contribution in [0.25, 0.3) is 0 Å². The van der Waals surface area contributed by atoms with Crippen molar-refractivity contribution in [1.29, 1.82) is 5.26 Å². The standard InChI is InChI=1S/C12H13FN2O4S/c13-11-5-4-9(8-10(11)12(16)17)20(18,19)15-7-3-1-2-6-14/h4-5,8,15H,1-3,7H2,(H,16,17). The summed E-state index contributed by atoms with van der Waals surface area (Å²) in [6, 6.07) is 4.51. The maximum absolute atomic E-state index is 13.2. The maximum Gasteiger partial charge on any atom is 0.338 e. The number of nitrogens with one attached hydrogen (secondary N) is 1. The number of unbranched alkanes of at least 4 members (excludes halogenated alkanes) is 2. The highest BCUT2D eigenvalue weighted by molar-refractivity contribution is 7.89. The smallest absolute Gasteiger partial charge is 0.338 e. The van der Waals surface area contributed by atoms with Gasteiger partial charge in [0.05, 0.1) is 16.5 Å². The number of sulfonamides is 1. The van der Waals surface area contributed by atoms with Crippen molar-refractivity contribution in [2.45, 2.75) is 24.2 Å². The van der Waals surface area contributed by atoms with Gasteiger partial charge in [-0.2, -0.15) is 5.26 Å². The average Bonchev–Trinajstić information content (AvgIpc) is 2.38. The zero-order valence-corrected chi connectivity index (χ0v) is 11.3. The molecule has 0 heterocycles. The van der Waals surface area contributed by atoms with Gasteiger partial charge in [-0.05, 0) is 31.0 Å². The van der Waals surface area contributed by atoms with E-state index in [1.165, 1.54) is 0 Å². The summed E-state index contributed by atoms with van der Waals surface area (Å²) in [5, 5.41) is 17.1. The van der Waals surface area contributed by atoms with Crippen LogP contribution in [-0.4, -0.2) is 26.0 Å². The van der Waals surface area contributed by atoms with Crippen LogP contribution < -0.4 is 4.72 Å². The molecule has 20 heavy (non-hydrogen) atoms. The first-order valence-electron chi connectivity index (χ1n) is 5.78. The van der Waals surface area contributed by atoms with Gasteiger partial charge < -0.3 is 5.11 Å². The Morgan fingerprint density at radius 3 is 2.70 bits per heavy atom. The van der Waals surface area contributed by atoms with Gasteiger partial charge in [-0.25, -0.2) is 22.3 Å². The summed E-state index contributed by atoms with van der Waals surface area (Å²) in [7, 11) is -3.88. The number of nitrogens with zero attached hydrogens (tertiary/aromatic N) is 1. The van der Waals surface area contributed by atoms with Crippen molar-refractivity contribution in [3.8, 4) is 6.07 Å². The molecule has 0 fully saturated rings. The van der Waals surface area contributed by atoms with Gasteiger partial charge >= 0.3 is 5.97 Å². The maximum atomic E-state index is 13.2. The van der Waals surface area contributed by atoms with Crippen LogP contribution in [0.3, 0.4) is 0 Å². The lowest BCUT2D eigenvalue weighted by atomic mass is 10.2. The van der Waals surface area contributed by atoms with Crippen LogP contribution in [-0.2, 0) is 10.0 Å². The average molecular weight is 300 g/mol. The molecule has 0 bridgehead atoms. The minimum Gasteiger partial charge on any atom is -0.478 e. The van der Waals surface area contributed by atoms with E-state index < -0.39 is 27.4 Å². The molecule has 0 unspecified atom stereocenters. The third kappa shape index (κ3) is 4.29. The van der Waals surface area contributed by atoms with Gasteiger partial charge in [-0.1, -0.05) is 0 Å². The number of benzene rings is 1. The van der Waals surface area contributed by atoms with E-state index in [1.807, 2.05) is 6.07 Å². The Labute approximate surface area is 115 Å². The number of carbonyl (C=O) groups is 1. The number of hydrogen-bond donors (Lipinski definition) is 2. The zero-order chi connectivity index (χ0) is 15.2. The molecule has 108 valence electrons. The van der Waals surface area contributed by atoms with Crippen molar-refractivity contribution >= 4 is 16.0 Å². The second-order valence-electron chi connectivity index (χ2n) is 3.96. The molecule has 0 aliphatic heterocycles. The van der Waals surface area contributed by atoms with Gasteiger partial charge in [0.25, 0.3) is 0 Å². The van der Waals surface area contributed by atoms with E-state index in [-0.39, 0.29) is 11.4 Å². The fourth-order valence-electron chi connectivity index (χ4n) is 1.45. The fraction of sp³-hybridized carbons (Fsp3) is 0.333. The van der Waals surface area contributed by atoms with E-state index in [4.69, 9.17) is 10.4 Å². The molecule has 6 nitrogen and oxygen atoms in total. The summed E-state index contributed by atoms with van der Waals surface area (Å²) in [4.78, 5) is 10.4. The Hall–Kier alpha value is -1.98. The van der Waals surface area contributed by atoms with Crippen molar-refractivity contribution in [1.82, 2.24) is 4.72 Å². The number of carboxylic acids is 1. The summed E-state index contributed by atoms with van der Waals surface area (Å²) < 4.78 is 39.2. The Bertz CT molecular complexity index is 637. The molecular weight excluding hydrogens is 287 g/mol. The Morgan fingerprint density at radius 1 is 1.40 bits per heavy atom. The highest BCUT2D eigenvalue weighted by Gasteiger charge is 2.18. The van der Waals surface area contributed by atoms with Crippen LogP contribution >= 0.6 is 0 Å². The van der Waals surface area contributed by atoms with Gasteiger partial charge in [0, 0.05) is 13.0 Å². The van der Waals surface area contributed by atoms with Gasteiger partial charge in [0.2, 0.25) is 10.0 Å². The molecule has 0 radical (unpaired) electrons. The van der Waals surface area contributed by atoms with Crippen molar-refractivity contribution < 1.29 is 22.7 Å². The number of rotatable bonds is 7. The Morgan fingerprint density at radius 2 is 2.10 bits per heavy atom. The van der Waals surface area contributed by atoms with Crippen LogP contribution in [0, 0.1) is 17.1 Å². The first-order chi connectivity index (χ1) is 9.38. The normalized spacial score (nSPS) is 11.0. The molecule has 1 aromatic rings. The van der Waals surface area contributed by atoms with E-state index in [1.54, 1.807) is 0 Å². The lowest BCUT2D eigenvalue weighted by molar-refractivity contribution is 0.0691. The van der Waals surface area contributed by atoms with Gasteiger partial charge in [-0.15, -0.1) is 0 Å². The van der Waals surface area contributed by atoms with E-state index in [0.29, 0.717) is 19.3 Å². The van der Waals surface area contributed by atoms with Crippen LogP contribution in [0.1, 0.15) is 29.6 Å². The Kier molecular flexibility index (Phi) is 5.61. The predicted molar refractivity (Wildman–Crippen MR) is 68.0 cm³/mol. The first-order valence-corrected chi connectivity index (χ1v) is 7.26. The van der Waals surface area contributed by atoms with Crippen LogP contribution in [0.2, 0.25) is 0 Å². The molecule has 0 aliphatic carbocycles. The number of aromatic carboxylic acids is 1. The summed E-state index contributed by atoms with van der Waals surface area (Å²) >= 11 is 0. The lowest BCUT2D eigenvalue weighted by Crippen LogP contribution is -2.25. The van der Waals surface area contributed by atoms with Gasteiger partial charge in [-0.3, -0.25) is 0 Å². The van der Waals surface area contributed by atoms with Gasteiger partial charge in [0.15, 0.2) is 0 Å². The molecule has 0 spiro atoms. The molecule has 0 saturated heterocycles. The number of nitriles is 1. The zero-order valence-electron chi connectivity index (χ0n) is 10.5. The number of hydrogen-bond acceptors (Lipinski definition) is 4. The second kappa shape index (κ2) is 6.98. The van der Waals surface area contributed by atoms with Crippen molar-refractivity contribution in [3.05, 3.63) is 29.6 Å². The minimum absolute atomic E-state index is 0.129. The van der Waals surface area contributed by atoms with Crippen LogP contribution in [0.15, 0.2) is 23.1 Å². The largest absolute Gasteiger partial charge is 0.478 e. The van der Waals surface area contributed by atoms with Crippen molar-refractivity contribution in [2.24, 2.45) is 0 Å². The molecular formula is C12H13FN2O4S. The molecule has 0 amide bonds. The topological polar surface area (TPSA) is 107 Å². The molecule has 0 aliphatic rings. The summed E-state index contributed by atoms with van der Waals surface area (Å²) in [6.07, 6.45) is 1.38. The van der Waals surface area contributed by atoms with E-state index in [9.17, 15) is 17.6 Å². The quantitative estimate of drug-likeness (QED) is 0.742. The van der Waals surface area contributed by atoms with Crippen LogP contribution in [0.5, 0.6) is 0 Å². The van der Waals surface area contributed by atoms with E-state index in [0.717, 1.165) is 18.2 Å². The van der Waals surface area contributed by atoms with E-state index in [2.05, 4.69) is 4.72 Å². The first kappa shape index (κ1) is 16.1. The highest BCUT2D eigenvalue weighted by atomic mass is 32.2. The molecule has 1 rings (SSSR count). The summed E-state index contributed by atoms with van der Waals surface area (Å²) in [6.45, 7) is 0.129. The van der Waals surface area contributed by atoms with Crippen molar-refractivity contribution in [2.75, 3.05) is 6.54 Å². The predicted octanol–water partition coefficient (Wildman–Crippen LogP) is 1.50. The molecule has 2 N–H and O–H groups in total. The molecule has 1 aromatic carbocycles. The molecule has 0 atom stereocenters. The highest BCUT2D eigenvalue weighted by Crippen LogP contribution is 2.15. The van der Waals surface area contributed by atoms with Gasteiger partial charge in [0.1, 0.15) is 5.82 Å². The van der Waals surface area contributed by atoms with Crippen LogP contribution in [0.4, 0.5) is 4.39 Å². The summed E-state index contributed by atoms with van der Waals surface area (Å²) in [5.74, 6) is -2.53. The minimum atomic E-state index is -3.88. The monoisotopic (exact) mass is 300 g/mol. The van der Waals surface area contributed by atoms with Crippen molar-refractivity contribution in [3.63, 3.8) is 0 Å². The molecule has 0 saturated carbocycles. The Balaban J connectivity index is 2.80. The lowest BCUT2D eigenvalue weighted by Gasteiger charge is -2.07. The third-order valence-electron chi connectivity index (χ3n) is 2.49. The van der Waals surface area contributed by atoms with E-state index >= 15 is 0 Å². The fourth-order valence-corrected chi connectivity index (χ4v) is 2.55. The molecule has 8 heteroatoms. The third-order valence-corrected chi connectivity index (χ3v) is 3.94. The molecule has 0 aromatic heterocycles. The number of carboxylic acid groups (broad SMARTS) is 1. The number of halogens is 1. The second-order valence-corrected chi connectivity index (χ2v) is 5.73.